The number of hydrogen-bond acceptors (Lipinski definition) is 5. The van der Waals surface area contributed by atoms with Crippen LogP contribution < -0.4 is 4.74 Å². The highest BCUT2D eigenvalue weighted by Gasteiger charge is 2.46. The van der Waals surface area contributed by atoms with E-state index in [2.05, 4.69) is 0 Å². The number of nitrogens with zero attached hydrogens (tertiary/aromatic N) is 2. The third-order valence-corrected chi connectivity index (χ3v) is 6.41. The molecule has 0 radical (unpaired) electrons. The van der Waals surface area contributed by atoms with Crippen LogP contribution in [0.2, 0.25) is 10.0 Å². The topological polar surface area (TPSA) is 70.1 Å². The molecule has 3 aromatic rings. The van der Waals surface area contributed by atoms with Crippen molar-refractivity contribution in [1.82, 2.24) is 9.80 Å². The first kappa shape index (κ1) is 24.1. The van der Waals surface area contributed by atoms with Crippen LogP contribution in [0.15, 0.2) is 60.2 Å². The Morgan fingerprint density at radius 2 is 1.79 bits per heavy atom. The normalized spacial score (nSPS) is 17.7. The van der Waals surface area contributed by atoms with Gasteiger partial charge in [-0.05, 0) is 42.6 Å². The molecule has 1 amide bonds. The van der Waals surface area contributed by atoms with Crippen LogP contribution in [-0.4, -0.2) is 60.9 Å². The van der Waals surface area contributed by atoms with Gasteiger partial charge in [-0.3, -0.25) is 9.59 Å². The lowest BCUT2D eigenvalue weighted by Crippen LogP contribution is -2.35. The molecule has 8 heteroatoms. The van der Waals surface area contributed by atoms with Gasteiger partial charge in [0.15, 0.2) is 0 Å². The molecule has 3 aromatic carbocycles. The number of amides is 1. The Balaban J connectivity index is 2.00. The lowest BCUT2D eigenvalue weighted by Gasteiger charge is -2.27. The molecule has 1 aliphatic rings. The summed E-state index contributed by atoms with van der Waals surface area (Å²) < 4.78 is 5.39. The second-order valence-corrected chi connectivity index (χ2v) is 9.18. The maximum Gasteiger partial charge on any atom is 0.295 e. The maximum absolute atomic E-state index is 13.3. The summed E-state index contributed by atoms with van der Waals surface area (Å²) in [5, 5.41) is 13.7. The van der Waals surface area contributed by atoms with Gasteiger partial charge in [-0.1, -0.05) is 65.7 Å². The molecule has 0 saturated carbocycles. The minimum absolute atomic E-state index is 0.0308. The smallest absolute Gasteiger partial charge is 0.295 e. The van der Waals surface area contributed by atoms with Crippen LogP contribution in [0.3, 0.4) is 0 Å². The number of ketones is 1. The minimum atomic E-state index is -0.798. The van der Waals surface area contributed by atoms with E-state index < -0.39 is 17.7 Å². The van der Waals surface area contributed by atoms with E-state index in [0.717, 1.165) is 16.3 Å². The highest BCUT2D eigenvalue weighted by molar-refractivity contribution is 6.47. The zero-order valence-corrected chi connectivity index (χ0v) is 20.5. The van der Waals surface area contributed by atoms with Crippen molar-refractivity contribution in [2.75, 3.05) is 34.3 Å². The number of likely N-dealkylation sites (N-methyl/N-ethyl adjacent to an activating group) is 1. The lowest BCUT2D eigenvalue weighted by atomic mass is 9.91. The number of aliphatic hydroxyl groups is 1. The zero-order valence-electron chi connectivity index (χ0n) is 19.0. The number of ether oxygens (including phenoxy) is 1. The molecule has 4 rings (SSSR count). The van der Waals surface area contributed by atoms with Crippen LogP contribution in [0.1, 0.15) is 17.2 Å². The van der Waals surface area contributed by atoms with Gasteiger partial charge in [-0.2, -0.15) is 0 Å². The SMILES string of the molecule is COc1c(Cl)cc(Cl)cc1/C(O)=C1\C(=O)C(=O)N(CCN(C)C)C1c1cccc2ccccc12. The summed E-state index contributed by atoms with van der Waals surface area (Å²) in [7, 11) is 5.19. The quantitative estimate of drug-likeness (QED) is 0.289. The van der Waals surface area contributed by atoms with Crippen LogP contribution in [-0.2, 0) is 9.59 Å². The Hall–Kier alpha value is -3.06. The molecule has 6 nitrogen and oxygen atoms in total. The Morgan fingerprint density at radius 1 is 1.09 bits per heavy atom. The molecule has 1 heterocycles. The summed E-state index contributed by atoms with van der Waals surface area (Å²) >= 11 is 12.5. The average Bonchev–Trinajstić information content (AvgIpc) is 3.06. The number of Topliss-reactive ketones (excluding diaryl/α,β-unsaturated/α-hetero) is 1. The van der Waals surface area contributed by atoms with Crippen LogP contribution in [0, 0.1) is 0 Å². The van der Waals surface area contributed by atoms with Crippen LogP contribution in [0.25, 0.3) is 16.5 Å². The fourth-order valence-corrected chi connectivity index (χ4v) is 4.89. The van der Waals surface area contributed by atoms with Crippen LogP contribution in [0.4, 0.5) is 0 Å². The van der Waals surface area contributed by atoms with E-state index in [1.54, 1.807) is 0 Å². The number of carbonyl (C=O) groups excluding carboxylic acids is 2. The van der Waals surface area contributed by atoms with Gasteiger partial charge < -0.3 is 19.6 Å². The predicted molar refractivity (Wildman–Crippen MR) is 135 cm³/mol. The standard InChI is InChI=1S/C26H24Cl2N2O4/c1-29(2)11-12-30-22(18-10-6-8-15-7-4-5-9-17(15)18)21(24(32)26(30)33)23(31)19-13-16(27)14-20(28)25(19)34-3/h4-10,13-14,22,31H,11-12H2,1-3H3/b23-21+. The first-order chi connectivity index (χ1) is 16.2. The van der Waals surface area contributed by atoms with Gasteiger partial charge in [0.05, 0.1) is 29.3 Å². The largest absolute Gasteiger partial charge is 0.507 e. The Labute approximate surface area is 207 Å². The number of likely N-dealkylation sites (tertiary alicyclic amines) is 1. The number of rotatable bonds is 6. The lowest BCUT2D eigenvalue weighted by molar-refractivity contribution is -0.140. The molecule has 1 fully saturated rings. The summed E-state index contributed by atoms with van der Waals surface area (Å²) in [4.78, 5) is 30.0. The van der Waals surface area contributed by atoms with E-state index >= 15 is 0 Å². The van der Waals surface area contributed by atoms with Crippen molar-refractivity contribution >= 4 is 51.4 Å². The number of carbonyl (C=O) groups is 2. The summed E-state index contributed by atoms with van der Waals surface area (Å²) in [5.74, 6) is -1.66. The van der Waals surface area contributed by atoms with Crippen molar-refractivity contribution in [3.63, 3.8) is 0 Å². The Morgan fingerprint density at radius 3 is 2.50 bits per heavy atom. The number of hydrogen-bond donors (Lipinski definition) is 1. The van der Waals surface area contributed by atoms with Crippen molar-refractivity contribution in [2.45, 2.75) is 6.04 Å². The molecule has 0 aliphatic carbocycles. The summed E-state index contributed by atoms with van der Waals surface area (Å²) in [6.45, 7) is 0.844. The Bertz CT molecular complexity index is 1310. The fraction of sp³-hybridized carbons (Fsp3) is 0.231. The monoisotopic (exact) mass is 498 g/mol. The molecule has 0 bridgehead atoms. The first-order valence-corrected chi connectivity index (χ1v) is 11.4. The fourth-order valence-electron chi connectivity index (χ4n) is 4.32. The van der Waals surface area contributed by atoms with Crippen molar-refractivity contribution in [3.05, 3.63) is 81.3 Å². The molecule has 0 spiro atoms. The van der Waals surface area contributed by atoms with Gasteiger partial charge in [0.25, 0.3) is 11.7 Å². The number of methoxy groups -OCH3 is 1. The van der Waals surface area contributed by atoms with Gasteiger partial charge in [0, 0.05) is 18.1 Å². The second kappa shape index (κ2) is 9.66. The van der Waals surface area contributed by atoms with Gasteiger partial charge >= 0.3 is 0 Å². The summed E-state index contributed by atoms with van der Waals surface area (Å²) in [5.41, 5.74) is 0.859. The highest BCUT2D eigenvalue weighted by atomic mass is 35.5. The van der Waals surface area contributed by atoms with Gasteiger partial charge in [0.1, 0.15) is 11.5 Å². The highest BCUT2D eigenvalue weighted by Crippen LogP contribution is 2.44. The molecule has 0 aromatic heterocycles. The van der Waals surface area contributed by atoms with Crippen LogP contribution in [0.5, 0.6) is 5.75 Å². The van der Waals surface area contributed by atoms with Crippen molar-refractivity contribution in [1.29, 1.82) is 0 Å². The van der Waals surface area contributed by atoms with Gasteiger partial charge in [-0.25, -0.2) is 0 Å². The number of aliphatic hydroxyl groups excluding tert-OH is 1. The first-order valence-electron chi connectivity index (χ1n) is 10.7. The average molecular weight is 499 g/mol. The molecule has 1 N–H and O–H groups in total. The van der Waals surface area contributed by atoms with E-state index in [0.29, 0.717) is 13.1 Å². The molecule has 1 atom stereocenters. The van der Waals surface area contributed by atoms with E-state index in [-0.39, 0.29) is 32.7 Å². The van der Waals surface area contributed by atoms with Gasteiger partial charge in [0.2, 0.25) is 0 Å². The van der Waals surface area contributed by atoms with Crippen LogP contribution >= 0.6 is 23.2 Å². The molecule has 176 valence electrons. The van der Waals surface area contributed by atoms with Crippen molar-refractivity contribution in [2.24, 2.45) is 0 Å². The number of fused-ring (bicyclic) bond motifs is 1. The minimum Gasteiger partial charge on any atom is -0.507 e. The van der Waals surface area contributed by atoms with Crippen molar-refractivity contribution < 1.29 is 19.4 Å². The summed E-state index contributed by atoms with van der Waals surface area (Å²) in [6, 6.07) is 15.6. The molecule has 1 saturated heterocycles. The molecule has 1 aliphatic heterocycles. The zero-order chi connectivity index (χ0) is 24.6. The third kappa shape index (κ3) is 4.25. The summed E-state index contributed by atoms with van der Waals surface area (Å²) in [6.07, 6.45) is 0. The molecular weight excluding hydrogens is 475 g/mol. The molecule has 1 unspecified atom stereocenters. The maximum atomic E-state index is 13.3. The van der Waals surface area contributed by atoms with Gasteiger partial charge in [-0.15, -0.1) is 0 Å². The third-order valence-electron chi connectivity index (χ3n) is 5.91. The number of benzene rings is 3. The second-order valence-electron chi connectivity index (χ2n) is 8.33. The van der Waals surface area contributed by atoms with E-state index in [4.69, 9.17) is 27.9 Å². The predicted octanol–water partition coefficient (Wildman–Crippen LogP) is 5.14. The number of halogens is 2. The van der Waals surface area contributed by atoms with Crippen molar-refractivity contribution in [3.8, 4) is 5.75 Å². The van der Waals surface area contributed by atoms with E-state index in [1.807, 2.05) is 61.5 Å². The molecular formula is C26H24Cl2N2O4. The molecule has 34 heavy (non-hydrogen) atoms. The Kier molecular flexibility index (Phi) is 6.84. The van der Waals surface area contributed by atoms with E-state index in [1.165, 1.54) is 24.1 Å². The van der Waals surface area contributed by atoms with E-state index in [9.17, 15) is 14.7 Å².